The second kappa shape index (κ2) is 11.3. The number of rotatable bonds is 8. The lowest BCUT2D eigenvalue weighted by Crippen LogP contribution is -2.26. The van der Waals surface area contributed by atoms with Crippen LogP contribution in [0.5, 0.6) is 17.4 Å². The number of hydrogen-bond donors (Lipinski definition) is 2. The van der Waals surface area contributed by atoms with Gasteiger partial charge < -0.3 is 24.5 Å². The molecule has 0 bridgehead atoms. The number of hydrogen-bond acceptors (Lipinski definition) is 7. The molecular formula is C29H23N5O5. The van der Waals surface area contributed by atoms with E-state index >= 15 is 0 Å². The number of carbonyl (C=O) groups is 2. The molecule has 0 atom stereocenters. The van der Waals surface area contributed by atoms with Crippen molar-refractivity contribution < 1.29 is 24.2 Å². The second-order valence-electron chi connectivity index (χ2n) is 8.60. The number of para-hydroxylation sites is 1. The Labute approximate surface area is 223 Å². The summed E-state index contributed by atoms with van der Waals surface area (Å²) in [5.74, 6) is -0.392. The quantitative estimate of drug-likeness (QED) is 0.179. The fourth-order valence-electron chi connectivity index (χ4n) is 4.17. The fraction of sp³-hybridized carbons (Fsp3) is 0.138. The van der Waals surface area contributed by atoms with Gasteiger partial charge in [-0.1, -0.05) is 42.5 Å². The van der Waals surface area contributed by atoms with Gasteiger partial charge in [0.05, 0.1) is 11.6 Å². The lowest BCUT2D eigenvalue weighted by molar-refractivity contribution is -0.115. The molecular weight excluding hydrogens is 498 g/mol. The monoisotopic (exact) mass is 521 g/mol. The molecule has 2 N–H and O–H groups in total. The Morgan fingerprint density at radius 2 is 1.82 bits per heavy atom. The number of unbranched alkanes of at least 4 members (excludes halogenated alkanes) is 1. The van der Waals surface area contributed by atoms with Crippen LogP contribution in [0.3, 0.4) is 0 Å². The molecule has 5 rings (SSSR count). The van der Waals surface area contributed by atoms with Crippen LogP contribution in [0.25, 0.3) is 17.0 Å². The fourth-order valence-corrected chi connectivity index (χ4v) is 4.17. The van der Waals surface area contributed by atoms with Gasteiger partial charge in [0.2, 0.25) is 12.7 Å². The van der Waals surface area contributed by atoms with Crippen LogP contribution in [0.1, 0.15) is 28.8 Å². The minimum absolute atomic E-state index is 0.0981. The molecule has 39 heavy (non-hydrogen) atoms. The van der Waals surface area contributed by atoms with E-state index in [0.717, 1.165) is 0 Å². The van der Waals surface area contributed by atoms with Gasteiger partial charge in [-0.2, -0.15) is 5.26 Å². The SMILES string of the molecule is N#CCCCn1c(O)c(N=NC(=O)/C(=C\c2ccc3c(c2)OCO3)NC(=O)c2ccccc2)c2ccccc21. The number of azo groups is 1. The van der Waals surface area contributed by atoms with Crippen molar-refractivity contribution >= 4 is 34.5 Å². The van der Waals surface area contributed by atoms with Gasteiger partial charge in [0, 0.05) is 23.9 Å². The average Bonchev–Trinajstić information content (AvgIpc) is 3.53. The van der Waals surface area contributed by atoms with E-state index in [1.807, 2.05) is 12.1 Å². The zero-order chi connectivity index (χ0) is 27.2. The summed E-state index contributed by atoms with van der Waals surface area (Å²) in [5, 5.41) is 30.9. The van der Waals surface area contributed by atoms with Gasteiger partial charge in [0.1, 0.15) is 5.70 Å². The Balaban J connectivity index is 1.48. The highest BCUT2D eigenvalue weighted by Crippen LogP contribution is 2.39. The summed E-state index contributed by atoms with van der Waals surface area (Å²) >= 11 is 0. The third-order valence-corrected chi connectivity index (χ3v) is 6.05. The average molecular weight is 522 g/mol. The lowest BCUT2D eigenvalue weighted by atomic mass is 10.1. The van der Waals surface area contributed by atoms with Crippen LogP contribution in [0, 0.1) is 11.3 Å². The van der Waals surface area contributed by atoms with Crippen LogP contribution in [-0.2, 0) is 11.3 Å². The number of aromatic nitrogens is 1. The van der Waals surface area contributed by atoms with Crippen LogP contribution < -0.4 is 14.8 Å². The van der Waals surface area contributed by atoms with Gasteiger partial charge in [-0.15, -0.1) is 10.2 Å². The summed E-state index contributed by atoms with van der Waals surface area (Å²) in [4.78, 5) is 26.1. The van der Waals surface area contributed by atoms with Crippen molar-refractivity contribution in [2.24, 2.45) is 10.2 Å². The molecule has 0 radical (unpaired) electrons. The van der Waals surface area contributed by atoms with Crippen molar-refractivity contribution in [1.82, 2.24) is 9.88 Å². The van der Waals surface area contributed by atoms with Crippen LogP contribution in [0.2, 0.25) is 0 Å². The number of fused-ring (bicyclic) bond motifs is 2. The summed E-state index contributed by atoms with van der Waals surface area (Å²) in [6.07, 6.45) is 2.33. The molecule has 10 nitrogen and oxygen atoms in total. The van der Waals surface area contributed by atoms with Crippen molar-refractivity contribution in [2.45, 2.75) is 19.4 Å². The van der Waals surface area contributed by atoms with E-state index in [-0.39, 0.29) is 24.1 Å². The summed E-state index contributed by atoms with van der Waals surface area (Å²) < 4.78 is 12.4. The molecule has 0 saturated carbocycles. The highest BCUT2D eigenvalue weighted by atomic mass is 16.7. The van der Waals surface area contributed by atoms with E-state index in [9.17, 15) is 14.7 Å². The molecule has 1 aliphatic rings. The number of aromatic hydroxyl groups is 1. The molecule has 2 amide bonds. The third kappa shape index (κ3) is 5.47. The zero-order valence-electron chi connectivity index (χ0n) is 20.7. The number of benzene rings is 3. The summed E-state index contributed by atoms with van der Waals surface area (Å²) in [5.41, 5.74) is 1.62. The van der Waals surface area contributed by atoms with E-state index in [0.29, 0.717) is 52.9 Å². The predicted molar refractivity (Wildman–Crippen MR) is 142 cm³/mol. The first-order valence-corrected chi connectivity index (χ1v) is 12.2. The summed E-state index contributed by atoms with van der Waals surface area (Å²) in [6, 6.07) is 22.8. The standard InChI is InChI=1S/C29H23N5O5/c30-14-6-7-15-34-23-11-5-4-10-21(23)26(29(34)37)32-33-28(36)22(31-27(35)20-8-2-1-3-9-20)16-19-12-13-24-25(17-19)39-18-38-24/h1-5,8-13,16-17,37H,6-7,15,18H2,(H,31,35)/b22-16+,33-32?. The number of carbonyl (C=O) groups excluding carboxylic acids is 2. The number of nitrogens with one attached hydrogen (secondary N) is 1. The third-order valence-electron chi connectivity index (χ3n) is 6.05. The number of nitriles is 1. The molecule has 2 heterocycles. The van der Waals surface area contributed by atoms with E-state index in [1.165, 1.54) is 6.08 Å². The summed E-state index contributed by atoms with van der Waals surface area (Å²) in [7, 11) is 0. The molecule has 0 saturated heterocycles. The van der Waals surface area contributed by atoms with E-state index in [1.54, 1.807) is 65.2 Å². The molecule has 0 unspecified atom stereocenters. The van der Waals surface area contributed by atoms with E-state index < -0.39 is 11.8 Å². The van der Waals surface area contributed by atoms with Crippen molar-refractivity contribution in [2.75, 3.05) is 6.79 Å². The first-order chi connectivity index (χ1) is 19.0. The van der Waals surface area contributed by atoms with Crippen LogP contribution in [-0.4, -0.2) is 28.3 Å². The van der Waals surface area contributed by atoms with Gasteiger partial charge in [0.15, 0.2) is 17.2 Å². The first kappa shape index (κ1) is 25.2. The Hall–Kier alpha value is -5.43. The molecule has 1 aliphatic heterocycles. The topological polar surface area (TPSA) is 138 Å². The molecule has 0 fully saturated rings. The van der Waals surface area contributed by atoms with Crippen molar-refractivity contribution in [3.63, 3.8) is 0 Å². The minimum atomic E-state index is -0.822. The highest BCUT2D eigenvalue weighted by Gasteiger charge is 2.19. The number of aryl methyl sites for hydroxylation is 1. The van der Waals surface area contributed by atoms with Crippen LogP contribution >= 0.6 is 0 Å². The van der Waals surface area contributed by atoms with E-state index in [4.69, 9.17) is 14.7 Å². The maximum atomic E-state index is 13.3. The Morgan fingerprint density at radius 3 is 2.64 bits per heavy atom. The van der Waals surface area contributed by atoms with Gasteiger partial charge in [-0.3, -0.25) is 9.59 Å². The van der Waals surface area contributed by atoms with Gasteiger partial charge >= 0.3 is 5.91 Å². The number of ether oxygens (including phenoxy) is 2. The minimum Gasteiger partial charge on any atom is -0.493 e. The molecule has 194 valence electrons. The lowest BCUT2D eigenvalue weighted by Gasteiger charge is -2.07. The Kier molecular flexibility index (Phi) is 7.32. The second-order valence-corrected chi connectivity index (χ2v) is 8.60. The maximum Gasteiger partial charge on any atom is 0.311 e. The number of amides is 2. The largest absolute Gasteiger partial charge is 0.493 e. The maximum absolute atomic E-state index is 13.3. The molecule has 0 spiro atoms. The van der Waals surface area contributed by atoms with E-state index in [2.05, 4.69) is 21.6 Å². The van der Waals surface area contributed by atoms with Crippen molar-refractivity contribution in [3.05, 3.63) is 89.6 Å². The zero-order valence-corrected chi connectivity index (χ0v) is 20.7. The predicted octanol–water partition coefficient (Wildman–Crippen LogP) is 5.46. The van der Waals surface area contributed by atoms with Crippen LogP contribution in [0.15, 0.2) is 88.7 Å². The van der Waals surface area contributed by atoms with Crippen molar-refractivity contribution in [1.29, 1.82) is 5.26 Å². The smallest absolute Gasteiger partial charge is 0.311 e. The van der Waals surface area contributed by atoms with Gasteiger partial charge in [-0.25, -0.2) is 0 Å². The molecule has 1 aromatic heterocycles. The summed E-state index contributed by atoms with van der Waals surface area (Å²) in [6.45, 7) is 0.493. The van der Waals surface area contributed by atoms with Crippen LogP contribution in [0.4, 0.5) is 5.69 Å². The normalized spacial score (nSPS) is 12.5. The van der Waals surface area contributed by atoms with Crippen molar-refractivity contribution in [3.8, 4) is 23.4 Å². The first-order valence-electron chi connectivity index (χ1n) is 12.2. The molecule has 0 aliphatic carbocycles. The molecule has 4 aromatic rings. The van der Waals surface area contributed by atoms with Gasteiger partial charge in [0.25, 0.3) is 5.91 Å². The Morgan fingerprint density at radius 1 is 1.05 bits per heavy atom. The molecule has 10 heteroatoms. The van der Waals surface area contributed by atoms with Gasteiger partial charge in [-0.05, 0) is 48.4 Å². The molecule has 3 aromatic carbocycles. The number of nitrogens with zero attached hydrogens (tertiary/aromatic N) is 4. The Bertz CT molecular complexity index is 1650. The highest BCUT2D eigenvalue weighted by molar-refractivity contribution is 6.05.